The zero-order valence-electron chi connectivity index (χ0n) is 11.4. The van der Waals surface area contributed by atoms with E-state index in [4.69, 9.17) is 0 Å². The molecule has 2 unspecified atom stereocenters. The molecule has 1 aromatic rings. The molecule has 5 heteroatoms. The number of sulfone groups is 1. The molecule has 4 nitrogen and oxygen atoms in total. The number of carbonyl (C=O) groups excluding carboxylic acids is 1. The molecule has 2 aliphatic rings. The van der Waals surface area contributed by atoms with Crippen molar-refractivity contribution in [3.8, 4) is 0 Å². The second kappa shape index (κ2) is 5.28. The largest absolute Gasteiger partial charge is 0.299 e. The SMILES string of the molecule is O=C(Cc1ccccn1)C1CC2CCCC(C1)S2(=O)=O. The highest BCUT2D eigenvalue weighted by atomic mass is 32.2. The summed E-state index contributed by atoms with van der Waals surface area (Å²) < 4.78 is 24.4. The second-order valence-corrected chi connectivity index (χ2v) is 8.41. The molecule has 0 aliphatic carbocycles. The van der Waals surface area contributed by atoms with Gasteiger partial charge >= 0.3 is 0 Å². The fourth-order valence-electron chi connectivity index (χ4n) is 3.50. The van der Waals surface area contributed by atoms with Gasteiger partial charge in [-0.3, -0.25) is 9.78 Å². The number of aromatic nitrogens is 1. The van der Waals surface area contributed by atoms with Crippen LogP contribution in [0.1, 0.15) is 37.8 Å². The van der Waals surface area contributed by atoms with Crippen molar-refractivity contribution >= 4 is 15.6 Å². The predicted octanol–water partition coefficient (Wildman–Crippen LogP) is 1.94. The quantitative estimate of drug-likeness (QED) is 0.854. The topological polar surface area (TPSA) is 64.1 Å². The average molecular weight is 293 g/mol. The maximum Gasteiger partial charge on any atom is 0.156 e. The maximum absolute atomic E-state index is 12.4. The molecule has 108 valence electrons. The Bertz CT molecular complexity index is 577. The number of hydrogen-bond donors (Lipinski definition) is 0. The van der Waals surface area contributed by atoms with Gasteiger partial charge in [0.1, 0.15) is 5.78 Å². The third-order valence-electron chi connectivity index (χ3n) is 4.61. The Balaban J connectivity index is 1.72. The maximum atomic E-state index is 12.4. The number of rotatable bonds is 3. The molecule has 0 aromatic carbocycles. The molecule has 2 saturated heterocycles. The Morgan fingerprint density at radius 3 is 2.50 bits per heavy atom. The molecule has 2 atom stereocenters. The zero-order chi connectivity index (χ0) is 14.2. The normalized spacial score (nSPS) is 31.7. The summed E-state index contributed by atoms with van der Waals surface area (Å²) in [7, 11) is -2.97. The molecular weight excluding hydrogens is 274 g/mol. The summed E-state index contributed by atoms with van der Waals surface area (Å²) >= 11 is 0. The van der Waals surface area contributed by atoms with Gasteiger partial charge in [-0.05, 0) is 37.8 Å². The molecule has 0 saturated carbocycles. The minimum absolute atomic E-state index is 0.101. The van der Waals surface area contributed by atoms with Crippen LogP contribution in [0.3, 0.4) is 0 Å². The van der Waals surface area contributed by atoms with E-state index in [1.54, 1.807) is 6.20 Å². The van der Waals surface area contributed by atoms with Crippen LogP contribution in [0.25, 0.3) is 0 Å². The number of Topliss-reactive ketones (excluding diaryl/α,β-unsaturated/α-hetero) is 1. The minimum atomic E-state index is -2.97. The Morgan fingerprint density at radius 2 is 1.90 bits per heavy atom. The van der Waals surface area contributed by atoms with Crippen LogP contribution in [0.4, 0.5) is 0 Å². The lowest BCUT2D eigenvalue weighted by Gasteiger charge is -2.38. The Kier molecular flexibility index (Phi) is 3.63. The second-order valence-electron chi connectivity index (χ2n) is 5.90. The van der Waals surface area contributed by atoms with E-state index in [0.717, 1.165) is 25.0 Å². The molecule has 2 aliphatic heterocycles. The van der Waals surface area contributed by atoms with Gasteiger partial charge in [0.2, 0.25) is 0 Å². The van der Waals surface area contributed by atoms with E-state index in [-0.39, 0.29) is 22.2 Å². The molecular formula is C15H19NO3S. The van der Waals surface area contributed by atoms with Crippen LogP contribution in [-0.4, -0.2) is 29.7 Å². The van der Waals surface area contributed by atoms with Gasteiger partial charge in [0.25, 0.3) is 0 Å². The third kappa shape index (κ3) is 2.51. The van der Waals surface area contributed by atoms with Crippen molar-refractivity contribution in [2.75, 3.05) is 0 Å². The molecule has 2 bridgehead atoms. The van der Waals surface area contributed by atoms with Crippen molar-refractivity contribution in [1.82, 2.24) is 4.98 Å². The summed E-state index contributed by atoms with van der Waals surface area (Å²) in [4.78, 5) is 16.6. The number of nitrogens with zero attached hydrogens (tertiary/aromatic N) is 1. The van der Waals surface area contributed by atoms with Gasteiger partial charge in [0.05, 0.1) is 10.5 Å². The molecule has 2 fully saturated rings. The van der Waals surface area contributed by atoms with Crippen LogP contribution in [-0.2, 0) is 21.1 Å². The van der Waals surface area contributed by atoms with Crippen LogP contribution < -0.4 is 0 Å². The van der Waals surface area contributed by atoms with Crippen LogP contribution in [0.15, 0.2) is 24.4 Å². The number of carbonyl (C=O) groups is 1. The monoisotopic (exact) mass is 293 g/mol. The van der Waals surface area contributed by atoms with Crippen molar-refractivity contribution in [3.05, 3.63) is 30.1 Å². The molecule has 0 radical (unpaired) electrons. The van der Waals surface area contributed by atoms with Crippen molar-refractivity contribution in [2.45, 2.75) is 49.0 Å². The van der Waals surface area contributed by atoms with E-state index in [0.29, 0.717) is 19.3 Å². The number of hydrogen-bond acceptors (Lipinski definition) is 4. The highest BCUT2D eigenvalue weighted by Crippen LogP contribution is 2.39. The summed E-state index contributed by atoms with van der Waals surface area (Å²) in [5.41, 5.74) is 0.774. The van der Waals surface area contributed by atoms with E-state index >= 15 is 0 Å². The summed E-state index contributed by atoms with van der Waals surface area (Å²) in [6, 6.07) is 5.54. The first-order valence-corrected chi connectivity index (χ1v) is 8.83. The van der Waals surface area contributed by atoms with E-state index < -0.39 is 9.84 Å². The Hall–Kier alpha value is -1.23. The van der Waals surface area contributed by atoms with Crippen molar-refractivity contribution in [3.63, 3.8) is 0 Å². The zero-order valence-corrected chi connectivity index (χ0v) is 12.2. The first-order valence-electron chi connectivity index (χ1n) is 7.22. The fraction of sp³-hybridized carbons (Fsp3) is 0.600. The summed E-state index contributed by atoms with van der Waals surface area (Å²) in [6.45, 7) is 0. The third-order valence-corrected chi connectivity index (χ3v) is 7.33. The summed E-state index contributed by atoms with van der Waals surface area (Å²) in [5, 5.41) is -0.569. The Labute approximate surface area is 119 Å². The van der Waals surface area contributed by atoms with Gasteiger partial charge in [-0.25, -0.2) is 8.42 Å². The average Bonchev–Trinajstić information content (AvgIpc) is 2.38. The fourth-order valence-corrected chi connectivity index (χ4v) is 6.03. The van der Waals surface area contributed by atoms with Gasteiger partial charge in [-0.15, -0.1) is 0 Å². The summed E-state index contributed by atoms with van der Waals surface area (Å²) in [6.07, 6.45) is 5.48. The number of ketones is 1. The van der Waals surface area contributed by atoms with E-state index in [1.165, 1.54) is 0 Å². The van der Waals surface area contributed by atoms with Crippen LogP contribution in [0.5, 0.6) is 0 Å². The van der Waals surface area contributed by atoms with Gasteiger partial charge in [-0.1, -0.05) is 12.5 Å². The highest BCUT2D eigenvalue weighted by Gasteiger charge is 2.45. The minimum Gasteiger partial charge on any atom is -0.299 e. The van der Waals surface area contributed by atoms with E-state index in [9.17, 15) is 13.2 Å². The van der Waals surface area contributed by atoms with E-state index in [2.05, 4.69) is 4.98 Å². The molecule has 3 rings (SSSR count). The van der Waals surface area contributed by atoms with Crippen molar-refractivity contribution < 1.29 is 13.2 Å². The lowest BCUT2D eigenvalue weighted by atomic mass is 9.85. The number of pyridine rings is 1. The molecule has 0 spiro atoms. The lowest BCUT2D eigenvalue weighted by molar-refractivity contribution is -0.122. The van der Waals surface area contributed by atoms with Crippen molar-refractivity contribution in [2.24, 2.45) is 5.92 Å². The molecule has 0 N–H and O–H groups in total. The Morgan fingerprint density at radius 1 is 1.20 bits per heavy atom. The van der Waals surface area contributed by atoms with Crippen LogP contribution >= 0.6 is 0 Å². The van der Waals surface area contributed by atoms with E-state index in [1.807, 2.05) is 18.2 Å². The van der Waals surface area contributed by atoms with Gasteiger partial charge < -0.3 is 0 Å². The van der Waals surface area contributed by atoms with Gasteiger partial charge in [0.15, 0.2) is 9.84 Å². The number of fused-ring (bicyclic) bond motifs is 2. The van der Waals surface area contributed by atoms with Gasteiger partial charge in [0, 0.05) is 24.2 Å². The summed E-state index contributed by atoms with van der Waals surface area (Å²) in [5.74, 6) is 0.0475. The predicted molar refractivity (Wildman–Crippen MR) is 76.0 cm³/mol. The smallest absolute Gasteiger partial charge is 0.156 e. The standard InChI is InChI=1S/C15H19NO3S/c17-15(10-12-4-1-2-7-16-12)11-8-13-5-3-6-14(9-11)20(13,18)19/h1-2,4,7,11,13-14H,3,5-6,8-10H2. The van der Waals surface area contributed by atoms with Crippen molar-refractivity contribution in [1.29, 1.82) is 0 Å². The molecule has 1 aromatic heterocycles. The molecule has 3 heterocycles. The van der Waals surface area contributed by atoms with Crippen LogP contribution in [0.2, 0.25) is 0 Å². The lowest BCUT2D eigenvalue weighted by Crippen LogP contribution is -2.45. The first-order chi connectivity index (χ1) is 9.57. The first kappa shape index (κ1) is 13.7. The molecule has 0 amide bonds. The molecule has 20 heavy (non-hydrogen) atoms. The van der Waals surface area contributed by atoms with Crippen LogP contribution in [0, 0.1) is 5.92 Å². The highest BCUT2D eigenvalue weighted by molar-refractivity contribution is 7.92. The van der Waals surface area contributed by atoms with Gasteiger partial charge in [-0.2, -0.15) is 0 Å².